The number of aliphatic carboxylic acids is 1. The maximum atomic E-state index is 13.4. The Morgan fingerprint density at radius 1 is 0.623 bits per heavy atom. The third-order valence-corrected chi connectivity index (χ3v) is 14.5. The third kappa shape index (κ3) is 13.1. The Labute approximate surface area is 451 Å². The summed E-state index contributed by atoms with van der Waals surface area (Å²) in [5, 5.41) is 18.7. The Balaban J connectivity index is 0.000000170. The highest BCUT2D eigenvalue weighted by molar-refractivity contribution is 6.30. The summed E-state index contributed by atoms with van der Waals surface area (Å²) in [6, 6.07) is 15.9. The van der Waals surface area contributed by atoms with Crippen molar-refractivity contribution >= 4 is 116 Å². The van der Waals surface area contributed by atoms with Crippen molar-refractivity contribution in [3.8, 4) is 0 Å². The van der Waals surface area contributed by atoms with Crippen LogP contribution in [0.5, 0.6) is 0 Å². The Morgan fingerprint density at radius 2 is 1.08 bits per heavy atom. The van der Waals surface area contributed by atoms with Crippen molar-refractivity contribution in [2.24, 2.45) is 11.8 Å². The molecule has 0 atom stereocenters. The van der Waals surface area contributed by atoms with Crippen LogP contribution >= 0.6 is 23.2 Å². The number of esters is 2. The van der Waals surface area contributed by atoms with Gasteiger partial charge < -0.3 is 54.9 Å². The molecule has 2 aliphatic heterocycles. The van der Waals surface area contributed by atoms with Crippen molar-refractivity contribution in [3.63, 3.8) is 0 Å². The molecule has 77 heavy (non-hydrogen) atoms. The highest BCUT2D eigenvalue weighted by Crippen LogP contribution is 2.37. The second-order valence-electron chi connectivity index (χ2n) is 18.9. The molecule has 6 aromatic rings. The summed E-state index contributed by atoms with van der Waals surface area (Å²) in [5.41, 5.74) is 7.53. The first kappa shape index (κ1) is 55.2. The number of ether oxygens (including phenoxy) is 2. The Bertz CT molecular complexity index is 3200. The number of nitrogen functional groups attached to an aromatic ring is 1. The molecule has 4 aromatic heterocycles. The van der Waals surface area contributed by atoms with Gasteiger partial charge >= 0.3 is 17.9 Å². The summed E-state index contributed by atoms with van der Waals surface area (Å²) in [4.78, 5) is 109. The van der Waals surface area contributed by atoms with E-state index in [0.717, 1.165) is 64.5 Å². The van der Waals surface area contributed by atoms with Crippen molar-refractivity contribution < 1.29 is 61.8 Å². The number of anilines is 4. The molecule has 4 aliphatic rings. The molecule has 404 valence electrons. The van der Waals surface area contributed by atoms with Crippen LogP contribution in [0.1, 0.15) is 119 Å². The van der Waals surface area contributed by atoms with Gasteiger partial charge in [0.15, 0.2) is 0 Å². The minimum absolute atomic E-state index is 0.0660. The first-order valence-corrected chi connectivity index (χ1v) is 25.8. The van der Waals surface area contributed by atoms with Gasteiger partial charge in [-0.3, -0.25) is 28.8 Å². The Hall–Kier alpha value is -8.04. The second-order valence-corrected chi connectivity index (χ2v) is 19.8. The molecular weight excluding hydrogens is 1040 g/mol. The number of hydrogen-bond acceptors (Lipinski definition) is 15. The lowest BCUT2D eigenvalue weighted by Crippen LogP contribution is -2.40. The van der Waals surface area contributed by atoms with E-state index < -0.39 is 29.7 Å². The maximum absolute atomic E-state index is 13.4. The monoisotopic (exact) mass is 1090 g/mol. The van der Waals surface area contributed by atoms with E-state index in [0.29, 0.717) is 75.1 Å². The maximum Gasteiger partial charge on any atom is 0.337 e. The zero-order valence-electron chi connectivity index (χ0n) is 42.1. The van der Waals surface area contributed by atoms with Gasteiger partial charge in [-0.25, -0.2) is 19.6 Å². The lowest BCUT2D eigenvalue weighted by atomic mass is 9.84. The molecule has 6 heterocycles. The van der Waals surface area contributed by atoms with Crippen molar-refractivity contribution in [3.05, 3.63) is 106 Å². The summed E-state index contributed by atoms with van der Waals surface area (Å²) < 4.78 is 20.8. The number of carbonyl (C=O) groups excluding carboxylic acids is 7. The molecule has 2 saturated carbocycles. The molecule has 0 radical (unpaired) electrons. The zero-order valence-corrected chi connectivity index (χ0v) is 43.6. The topological polar surface area (TPSA) is 296 Å². The van der Waals surface area contributed by atoms with Gasteiger partial charge in [-0.1, -0.05) is 23.2 Å². The molecule has 2 aliphatic carbocycles. The Morgan fingerprint density at radius 3 is 1.52 bits per heavy atom. The fraction of sp³-hybridized carbons (Fsp3) is 0.370. The molecule has 0 bridgehead atoms. The SMILES string of the molecule is COC(=O)c1ccc2oc(C(=O)Nc3ccc(Cl)cn3)c(N)c2c1.COC(=O)c1ccc2oc(C(=O)Nc3ccc(Cl)cn3)c(NC(=O)C3CCC(N4CCCC4=O)CC3)c2c1.O=C(O)C1CCC(N2CCCC2=O)CC1. The fourth-order valence-electron chi connectivity index (χ4n) is 10.0. The standard InChI is InChI=1S/C27H27ClN4O6.C16H12ClN3O4.C11H17NO3/c1-37-27(36)16-6-10-20-19(13-16)23(24(38-20)26(35)30-21-11-7-17(28)14-29-21)31-25(34)15-4-8-18(9-5-15)32-12-2-3-22(32)33;1-23-16(22)8-2-4-11-10(6-8)13(18)14(24-11)15(21)20-12-5-3-9(17)7-19-12;13-10-2-1-7-12(10)9-5-3-8(4-6-9)11(14)15/h6-7,10-11,13-15,18H,2-5,8-9,12H2,1H3,(H,31,34)(H,29,30,35);2-7H,18H2,1H3,(H,19,20,21);8-9H,1-7H2,(H,14,15). The quantitative estimate of drug-likeness (QED) is 0.0756. The van der Waals surface area contributed by atoms with E-state index >= 15 is 0 Å². The van der Waals surface area contributed by atoms with E-state index in [9.17, 15) is 38.4 Å². The van der Waals surface area contributed by atoms with Gasteiger partial charge in [0, 0.05) is 67.1 Å². The minimum atomic E-state index is -0.679. The van der Waals surface area contributed by atoms with Crippen LogP contribution in [0.4, 0.5) is 23.0 Å². The molecule has 0 unspecified atom stereocenters. The second kappa shape index (κ2) is 24.7. The fourth-order valence-corrected chi connectivity index (χ4v) is 10.2. The zero-order chi connectivity index (χ0) is 54.9. The number of likely N-dealkylation sites (tertiary alicyclic amines) is 2. The number of methoxy groups -OCH3 is 2. The number of amides is 5. The average Bonchev–Trinajstić information content (AvgIpc) is 4.27. The summed E-state index contributed by atoms with van der Waals surface area (Å²) in [5.74, 6) is -2.82. The van der Waals surface area contributed by atoms with E-state index in [-0.39, 0.29) is 69.9 Å². The predicted molar refractivity (Wildman–Crippen MR) is 284 cm³/mol. The number of pyridine rings is 2. The number of carboxylic acids is 1. The Kier molecular flexibility index (Phi) is 17.7. The van der Waals surface area contributed by atoms with Crippen LogP contribution in [0.15, 0.2) is 81.9 Å². The van der Waals surface area contributed by atoms with Gasteiger partial charge in [0.1, 0.15) is 28.5 Å². The molecular formula is C54H56Cl2N8O13. The number of halogens is 2. The molecule has 21 nitrogen and oxygen atoms in total. The lowest BCUT2D eigenvalue weighted by Gasteiger charge is -2.34. The largest absolute Gasteiger partial charge is 0.481 e. The number of aromatic nitrogens is 2. The number of carboxylic acid groups (broad SMARTS) is 1. The smallest absolute Gasteiger partial charge is 0.337 e. The molecule has 2 saturated heterocycles. The highest BCUT2D eigenvalue weighted by atomic mass is 35.5. The molecule has 2 aromatic carbocycles. The lowest BCUT2D eigenvalue weighted by molar-refractivity contribution is -0.143. The number of nitrogens with zero attached hydrogens (tertiary/aromatic N) is 4. The number of nitrogens with two attached hydrogens (primary N) is 1. The number of furan rings is 2. The van der Waals surface area contributed by atoms with Gasteiger partial charge in [-0.2, -0.15) is 0 Å². The van der Waals surface area contributed by atoms with E-state index in [4.69, 9.17) is 47.6 Å². The van der Waals surface area contributed by atoms with Crippen LogP contribution in [-0.4, -0.2) is 112 Å². The van der Waals surface area contributed by atoms with Crippen LogP contribution in [0.2, 0.25) is 10.0 Å². The predicted octanol–water partition coefficient (Wildman–Crippen LogP) is 8.99. The highest BCUT2D eigenvalue weighted by Gasteiger charge is 2.36. The van der Waals surface area contributed by atoms with Crippen LogP contribution in [0, 0.1) is 11.8 Å². The summed E-state index contributed by atoms with van der Waals surface area (Å²) >= 11 is 11.6. The van der Waals surface area contributed by atoms with Crippen molar-refractivity contribution in [1.29, 1.82) is 0 Å². The molecule has 10 rings (SSSR count). The van der Waals surface area contributed by atoms with E-state index in [1.54, 1.807) is 36.4 Å². The van der Waals surface area contributed by atoms with Gasteiger partial charge in [0.05, 0.1) is 47.0 Å². The van der Waals surface area contributed by atoms with Gasteiger partial charge in [0.25, 0.3) is 11.8 Å². The number of benzene rings is 2. The molecule has 23 heteroatoms. The van der Waals surface area contributed by atoms with E-state index in [2.05, 4.69) is 30.7 Å². The molecule has 6 N–H and O–H groups in total. The minimum Gasteiger partial charge on any atom is -0.481 e. The molecule has 0 spiro atoms. The first-order valence-electron chi connectivity index (χ1n) is 25.0. The van der Waals surface area contributed by atoms with Crippen molar-refractivity contribution in [2.45, 2.75) is 89.1 Å². The summed E-state index contributed by atoms with van der Waals surface area (Å²) in [7, 11) is 2.55. The number of hydrogen-bond donors (Lipinski definition) is 5. The van der Waals surface area contributed by atoms with Crippen molar-refractivity contribution in [2.75, 3.05) is 49.0 Å². The van der Waals surface area contributed by atoms with Crippen LogP contribution in [0.3, 0.4) is 0 Å². The van der Waals surface area contributed by atoms with Crippen LogP contribution in [0.25, 0.3) is 21.9 Å². The number of fused-ring (bicyclic) bond motifs is 2. The van der Waals surface area contributed by atoms with E-state index in [1.807, 2.05) is 9.80 Å². The van der Waals surface area contributed by atoms with Crippen LogP contribution in [-0.2, 0) is 28.7 Å². The normalized spacial score (nSPS) is 19.1. The van der Waals surface area contributed by atoms with E-state index in [1.165, 1.54) is 50.9 Å². The van der Waals surface area contributed by atoms with Gasteiger partial charge in [-0.05, 0) is 125 Å². The van der Waals surface area contributed by atoms with Gasteiger partial charge in [-0.15, -0.1) is 0 Å². The number of carbonyl (C=O) groups is 8. The van der Waals surface area contributed by atoms with Gasteiger partial charge in [0.2, 0.25) is 29.2 Å². The third-order valence-electron chi connectivity index (χ3n) is 14.1. The molecule has 5 amide bonds. The first-order chi connectivity index (χ1) is 37.0. The summed E-state index contributed by atoms with van der Waals surface area (Å²) in [6.45, 7) is 1.66. The van der Waals surface area contributed by atoms with Crippen LogP contribution < -0.4 is 21.7 Å². The molecule has 4 fully saturated rings. The average molecular weight is 1100 g/mol. The summed E-state index contributed by atoms with van der Waals surface area (Å²) in [6.07, 6.45) is 11.9. The van der Waals surface area contributed by atoms with Crippen molar-refractivity contribution in [1.82, 2.24) is 19.8 Å². The number of nitrogens with one attached hydrogen (secondary N) is 3. The number of rotatable bonds is 11.